The van der Waals surface area contributed by atoms with E-state index in [0.29, 0.717) is 36.8 Å². The molecular formula is C33H43N6O4. The molecule has 1 aliphatic heterocycles. The molecule has 1 fully saturated rings. The third kappa shape index (κ3) is 8.72. The molecule has 4 rings (SSSR count). The SMILES string of the molecule is CC(C)Cc1nc(C2CCN(c3ncccn3)CC2)oc1C(=O)C(CCc1ccccc1)NC(=O)[CH]CC(C)(C)C(N)=O. The van der Waals surface area contributed by atoms with Gasteiger partial charge in [0.15, 0.2) is 11.7 Å². The average Bonchev–Trinajstić information content (AvgIpc) is 3.42. The quantitative estimate of drug-likeness (QED) is 0.263. The number of Topliss-reactive ketones (excluding diaryl/α,β-unsaturated/α-hetero) is 1. The van der Waals surface area contributed by atoms with E-state index in [-0.39, 0.29) is 29.8 Å². The van der Waals surface area contributed by atoms with E-state index in [0.717, 1.165) is 31.5 Å². The predicted molar refractivity (Wildman–Crippen MR) is 164 cm³/mol. The topological polar surface area (TPSA) is 144 Å². The van der Waals surface area contributed by atoms with Crippen LogP contribution >= 0.6 is 0 Å². The zero-order valence-electron chi connectivity index (χ0n) is 25.6. The van der Waals surface area contributed by atoms with Crippen LogP contribution in [0.25, 0.3) is 0 Å². The Kier molecular flexibility index (Phi) is 10.7. The molecule has 229 valence electrons. The monoisotopic (exact) mass is 587 g/mol. The maximum atomic E-state index is 14.1. The minimum absolute atomic E-state index is 0.0640. The number of piperidine rings is 1. The summed E-state index contributed by atoms with van der Waals surface area (Å²) in [6.07, 6.45) is 8.17. The number of hydrogen-bond donors (Lipinski definition) is 2. The molecule has 3 aromatic rings. The Morgan fingerprint density at radius 1 is 1.09 bits per heavy atom. The van der Waals surface area contributed by atoms with Gasteiger partial charge in [0, 0.05) is 36.8 Å². The zero-order valence-corrected chi connectivity index (χ0v) is 25.6. The second kappa shape index (κ2) is 14.4. The Balaban J connectivity index is 1.53. The molecular weight excluding hydrogens is 544 g/mol. The van der Waals surface area contributed by atoms with Crippen molar-refractivity contribution in [2.45, 2.75) is 78.2 Å². The Hall–Kier alpha value is -4.08. The lowest BCUT2D eigenvalue weighted by molar-refractivity contribution is -0.126. The van der Waals surface area contributed by atoms with E-state index >= 15 is 0 Å². The highest BCUT2D eigenvalue weighted by Crippen LogP contribution is 2.31. The van der Waals surface area contributed by atoms with Crippen molar-refractivity contribution in [3.63, 3.8) is 0 Å². The fraction of sp³-hybridized carbons (Fsp3) is 0.485. The van der Waals surface area contributed by atoms with Gasteiger partial charge in [0.25, 0.3) is 0 Å². The summed E-state index contributed by atoms with van der Waals surface area (Å²) in [5.41, 5.74) is 6.28. The number of nitrogens with one attached hydrogen (secondary N) is 1. The standard InChI is InChI=1S/C33H43N6O4/c1-22(2)21-26-29(43-30(38-26)24-14-19-39(20-15-24)32-35-17-8-18-36-32)28(41)25(12-11-23-9-6-5-7-10-23)37-27(40)13-16-33(3,4)31(34)42/h5-10,13,17-18,22,24-25H,11-12,14-16,19-21H2,1-4H3,(H2,34,42)(H,37,40). The van der Waals surface area contributed by atoms with Crippen molar-refractivity contribution in [2.75, 3.05) is 18.0 Å². The Morgan fingerprint density at radius 2 is 1.77 bits per heavy atom. The van der Waals surface area contributed by atoms with Crippen LogP contribution in [0.5, 0.6) is 0 Å². The van der Waals surface area contributed by atoms with Crippen molar-refractivity contribution < 1.29 is 18.8 Å². The van der Waals surface area contributed by atoms with E-state index in [9.17, 15) is 14.4 Å². The molecule has 1 atom stereocenters. The first-order valence-electron chi connectivity index (χ1n) is 15.1. The Morgan fingerprint density at radius 3 is 2.40 bits per heavy atom. The number of nitrogens with zero attached hydrogens (tertiary/aromatic N) is 4. The average molecular weight is 588 g/mol. The maximum absolute atomic E-state index is 14.1. The van der Waals surface area contributed by atoms with E-state index in [1.807, 2.05) is 30.3 Å². The number of carbonyl (C=O) groups is 3. The van der Waals surface area contributed by atoms with E-state index in [2.05, 4.69) is 34.0 Å². The van der Waals surface area contributed by atoms with Crippen LogP contribution in [-0.2, 0) is 22.4 Å². The highest BCUT2D eigenvalue weighted by atomic mass is 16.4. The van der Waals surface area contributed by atoms with Gasteiger partial charge in [0.05, 0.1) is 18.2 Å². The summed E-state index contributed by atoms with van der Waals surface area (Å²) in [6, 6.07) is 10.8. The molecule has 10 heteroatoms. The van der Waals surface area contributed by atoms with Crippen LogP contribution in [0.1, 0.15) is 87.0 Å². The smallest absolute Gasteiger partial charge is 0.225 e. The molecule has 3 heterocycles. The molecule has 10 nitrogen and oxygen atoms in total. The van der Waals surface area contributed by atoms with Gasteiger partial charge in [0.2, 0.25) is 23.5 Å². The maximum Gasteiger partial charge on any atom is 0.225 e. The largest absolute Gasteiger partial charge is 0.437 e. The lowest BCUT2D eigenvalue weighted by Gasteiger charge is -2.30. The molecule has 1 unspecified atom stereocenters. The van der Waals surface area contributed by atoms with Crippen molar-refractivity contribution in [3.05, 3.63) is 78.1 Å². The lowest BCUT2D eigenvalue weighted by atomic mass is 9.87. The number of primary amides is 1. The molecule has 2 aromatic heterocycles. The minimum atomic E-state index is -0.882. The number of carbonyl (C=O) groups excluding carboxylic acids is 3. The second-order valence-electron chi connectivity index (χ2n) is 12.3. The Bertz CT molecular complexity index is 1360. The van der Waals surface area contributed by atoms with Crippen LogP contribution in [0.4, 0.5) is 5.95 Å². The summed E-state index contributed by atoms with van der Waals surface area (Å²) in [4.78, 5) is 54.6. The van der Waals surface area contributed by atoms with Gasteiger partial charge < -0.3 is 20.4 Å². The fourth-order valence-corrected chi connectivity index (χ4v) is 5.11. The third-order valence-electron chi connectivity index (χ3n) is 7.88. The lowest BCUT2D eigenvalue weighted by Crippen LogP contribution is -2.42. The molecule has 1 saturated heterocycles. The van der Waals surface area contributed by atoms with Crippen molar-refractivity contribution in [3.8, 4) is 0 Å². The number of oxazole rings is 1. The summed E-state index contributed by atoms with van der Waals surface area (Å²) < 4.78 is 6.29. The first kappa shape index (κ1) is 31.8. The summed E-state index contributed by atoms with van der Waals surface area (Å²) in [5.74, 6) is 0.583. The number of anilines is 1. The number of benzene rings is 1. The molecule has 0 saturated carbocycles. The molecule has 0 bridgehead atoms. The van der Waals surface area contributed by atoms with Gasteiger partial charge >= 0.3 is 0 Å². The number of hydrogen-bond acceptors (Lipinski definition) is 8. The van der Waals surface area contributed by atoms with Crippen LogP contribution in [0.15, 0.2) is 53.2 Å². The van der Waals surface area contributed by atoms with Crippen molar-refractivity contribution >= 4 is 23.5 Å². The summed E-state index contributed by atoms with van der Waals surface area (Å²) in [7, 11) is 0. The minimum Gasteiger partial charge on any atom is -0.437 e. The molecule has 1 aliphatic rings. The van der Waals surface area contributed by atoms with E-state index in [4.69, 9.17) is 15.1 Å². The van der Waals surface area contributed by atoms with Gasteiger partial charge in [-0.1, -0.05) is 58.0 Å². The molecule has 3 N–H and O–H groups in total. The number of ketones is 1. The summed E-state index contributed by atoms with van der Waals surface area (Å²) >= 11 is 0. The van der Waals surface area contributed by atoms with Gasteiger partial charge in [0.1, 0.15) is 0 Å². The van der Waals surface area contributed by atoms with Crippen LogP contribution in [0, 0.1) is 17.8 Å². The normalized spacial score (nSPS) is 15.0. The Labute approximate surface area is 253 Å². The van der Waals surface area contributed by atoms with Gasteiger partial charge in [-0.3, -0.25) is 14.4 Å². The number of rotatable bonds is 14. The number of nitrogens with two attached hydrogens (primary N) is 1. The van der Waals surface area contributed by atoms with Crippen molar-refractivity contribution in [1.82, 2.24) is 20.3 Å². The zero-order chi connectivity index (χ0) is 31.0. The van der Waals surface area contributed by atoms with Crippen LogP contribution in [-0.4, -0.2) is 51.7 Å². The van der Waals surface area contributed by atoms with Gasteiger partial charge in [-0.25, -0.2) is 15.0 Å². The number of aryl methyl sites for hydroxylation is 1. The van der Waals surface area contributed by atoms with Crippen molar-refractivity contribution in [1.29, 1.82) is 0 Å². The van der Waals surface area contributed by atoms with Gasteiger partial charge in [-0.15, -0.1) is 0 Å². The van der Waals surface area contributed by atoms with E-state index in [1.54, 1.807) is 32.3 Å². The molecule has 0 aliphatic carbocycles. The molecule has 1 radical (unpaired) electrons. The van der Waals surface area contributed by atoms with Gasteiger partial charge in [-0.2, -0.15) is 0 Å². The van der Waals surface area contributed by atoms with Crippen LogP contribution < -0.4 is 16.0 Å². The fourth-order valence-electron chi connectivity index (χ4n) is 5.11. The predicted octanol–water partition coefficient (Wildman–Crippen LogP) is 4.45. The third-order valence-corrected chi connectivity index (χ3v) is 7.88. The highest BCUT2D eigenvalue weighted by molar-refractivity contribution is 6.01. The van der Waals surface area contributed by atoms with Crippen LogP contribution in [0.2, 0.25) is 0 Å². The van der Waals surface area contributed by atoms with E-state index in [1.165, 1.54) is 6.42 Å². The van der Waals surface area contributed by atoms with Gasteiger partial charge in [-0.05, 0) is 56.1 Å². The second-order valence-corrected chi connectivity index (χ2v) is 12.3. The first-order chi connectivity index (χ1) is 20.5. The number of amides is 2. The molecule has 0 spiro atoms. The summed E-state index contributed by atoms with van der Waals surface area (Å²) in [5, 5.41) is 2.89. The number of aromatic nitrogens is 3. The molecule has 2 amide bonds. The van der Waals surface area contributed by atoms with Crippen LogP contribution in [0.3, 0.4) is 0 Å². The van der Waals surface area contributed by atoms with Crippen molar-refractivity contribution in [2.24, 2.45) is 17.1 Å². The van der Waals surface area contributed by atoms with E-state index < -0.39 is 23.3 Å². The first-order valence-corrected chi connectivity index (χ1v) is 15.1. The highest BCUT2D eigenvalue weighted by Gasteiger charge is 2.33. The molecule has 43 heavy (non-hydrogen) atoms. The summed E-state index contributed by atoms with van der Waals surface area (Å²) in [6.45, 7) is 9.03. The molecule has 1 aromatic carbocycles.